The average Bonchev–Trinajstić information content (AvgIpc) is 3.54. The van der Waals surface area contributed by atoms with Gasteiger partial charge in [0.05, 0.1) is 33.8 Å². The van der Waals surface area contributed by atoms with Crippen molar-refractivity contribution in [3.05, 3.63) is 52.9 Å². The molecule has 0 amide bonds. The van der Waals surface area contributed by atoms with Crippen molar-refractivity contribution >= 4 is 68.2 Å². The summed E-state index contributed by atoms with van der Waals surface area (Å²) in [4.78, 5) is 23.0. The number of anilines is 5. The molecular formula is C28H32BrN8O2P. The van der Waals surface area contributed by atoms with Crippen molar-refractivity contribution in [3.63, 3.8) is 0 Å². The number of likely N-dealkylation sites (tertiary alicyclic amines) is 1. The molecule has 2 aromatic carbocycles. The van der Waals surface area contributed by atoms with E-state index in [1.54, 1.807) is 39.0 Å². The van der Waals surface area contributed by atoms with Crippen LogP contribution in [0.4, 0.5) is 28.8 Å². The number of hydrogen-bond donors (Lipinski definition) is 2. The van der Waals surface area contributed by atoms with E-state index in [9.17, 15) is 4.57 Å². The summed E-state index contributed by atoms with van der Waals surface area (Å²) >= 11 is 3.56. The van der Waals surface area contributed by atoms with Crippen LogP contribution in [0.15, 0.2) is 47.3 Å². The molecule has 2 aromatic heterocycles. The maximum Gasteiger partial charge on any atom is 0.229 e. The second-order valence-corrected chi connectivity index (χ2v) is 14.7. The summed E-state index contributed by atoms with van der Waals surface area (Å²) in [6, 6.07) is 8.54. The molecule has 0 aliphatic carbocycles. The summed E-state index contributed by atoms with van der Waals surface area (Å²) < 4.78 is 19.8. The number of halogens is 1. The molecule has 1 fully saturated rings. The highest BCUT2D eigenvalue weighted by atomic mass is 79.9. The van der Waals surface area contributed by atoms with Gasteiger partial charge in [-0.15, -0.1) is 0 Å². The largest absolute Gasteiger partial charge is 0.494 e. The van der Waals surface area contributed by atoms with Gasteiger partial charge in [-0.2, -0.15) is 4.98 Å². The second kappa shape index (κ2) is 10.6. The van der Waals surface area contributed by atoms with Crippen LogP contribution in [-0.2, 0) is 11.0 Å². The normalized spacial score (nSPS) is 17.3. The minimum Gasteiger partial charge on any atom is -0.494 e. The first kappa shape index (κ1) is 26.9. The van der Waals surface area contributed by atoms with Crippen LogP contribution in [0, 0.1) is 0 Å². The molecule has 12 heteroatoms. The van der Waals surface area contributed by atoms with E-state index in [4.69, 9.17) is 9.72 Å². The standard InChI is InChI=1S/C28H32BrN8O2P/c1-36-11-8-18(16-36)37-12-7-17-13-22(24(39-2)14-23(17)37)34-28-32-15-19(29)27(35-28)33-21-6-5-20-25(31-10-9-30-20)26(21)40(3,4)38/h5-6,9-10,13-15,18H,7-8,11-12,16H2,1-4H3,(H2,32,33,34,35). The predicted molar refractivity (Wildman–Crippen MR) is 165 cm³/mol. The summed E-state index contributed by atoms with van der Waals surface area (Å²) in [6.45, 7) is 6.69. The van der Waals surface area contributed by atoms with Gasteiger partial charge in [-0.3, -0.25) is 9.97 Å². The zero-order valence-corrected chi connectivity index (χ0v) is 25.5. The van der Waals surface area contributed by atoms with Gasteiger partial charge < -0.3 is 29.7 Å². The third kappa shape index (κ3) is 5.13. The van der Waals surface area contributed by atoms with Crippen LogP contribution in [-0.4, -0.2) is 78.0 Å². The Morgan fingerprint density at radius 3 is 2.65 bits per heavy atom. The van der Waals surface area contributed by atoms with Crippen molar-refractivity contribution in [2.75, 3.05) is 62.7 Å². The molecule has 6 rings (SSSR count). The first-order valence-corrected chi connectivity index (χ1v) is 16.6. The molecule has 1 saturated heterocycles. The fourth-order valence-electron chi connectivity index (χ4n) is 5.69. The van der Waals surface area contributed by atoms with Gasteiger partial charge in [0.25, 0.3) is 0 Å². The van der Waals surface area contributed by atoms with Crippen LogP contribution in [0.1, 0.15) is 12.0 Å². The SMILES string of the molecule is COc1cc2c(cc1Nc1ncc(Br)c(Nc3ccc4nccnc4c3P(C)(C)=O)n1)CCN2C1CCN(C)C1. The van der Waals surface area contributed by atoms with Crippen molar-refractivity contribution in [1.82, 2.24) is 24.8 Å². The summed E-state index contributed by atoms with van der Waals surface area (Å²) in [5, 5.41) is 7.35. The molecule has 0 radical (unpaired) electrons. The Hall–Kier alpha value is -3.27. The Bertz CT molecular complexity index is 1640. The zero-order valence-electron chi connectivity index (χ0n) is 23.0. The van der Waals surface area contributed by atoms with Gasteiger partial charge in [0.1, 0.15) is 24.2 Å². The zero-order chi connectivity index (χ0) is 28.0. The van der Waals surface area contributed by atoms with Crippen LogP contribution in [0.3, 0.4) is 0 Å². The smallest absolute Gasteiger partial charge is 0.229 e. The highest BCUT2D eigenvalue weighted by Gasteiger charge is 2.31. The molecule has 0 bridgehead atoms. The Labute approximate surface area is 242 Å². The Balaban J connectivity index is 1.30. The Morgan fingerprint density at radius 1 is 1.07 bits per heavy atom. The average molecular weight is 623 g/mol. The second-order valence-electron chi connectivity index (χ2n) is 10.7. The molecule has 208 valence electrons. The van der Waals surface area contributed by atoms with E-state index in [1.165, 1.54) is 17.7 Å². The summed E-state index contributed by atoms with van der Waals surface area (Å²) in [5.74, 6) is 1.69. The van der Waals surface area contributed by atoms with Crippen molar-refractivity contribution in [1.29, 1.82) is 0 Å². The third-order valence-electron chi connectivity index (χ3n) is 7.54. The molecule has 4 aromatic rings. The molecule has 0 spiro atoms. The fourth-order valence-corrected chi connectivity index (χ4v) is 7.37. The molecular weight excluding hydrogens is 591 g/mol. The number of ether oxygens (including phenoxy) is 1. The van der Waals surface area contributed by atoms with Crippen molar-refractivity contribution in [3.8, 4) is 5.75 Å². The van der Waals surface area contributed by atoms with Gasteiger partial charge in [0.2, 0.25) is 5.95 Å². The molecule has 2 aliphatic rings. The number of rotatable bonds is 7. The van der Waals surface area contributed by atoms with Gasteiger partial charge in [0, 0.05) is 49.5 Å². The number of fused-ring (bicyclic) bond motifs is 2. The highest BCUT2D eigenvalue weighted by molar-refractivity contribution is 9.10. The van der Waals surface area contributed by atoms with E-state index in [0.717, 1.165) is 37.5 Å². The molecule has 1 unspecified atom stereocenters. The molecule has 4 heterocycles. The number of nitrogens with one attached hydrogen (secondary N) is 2. The summed E-state index contributed by atoms with van der Waals surface area (Å²) in [5.41, 5.74) is 5.32. The van der Waals surface area contributed by atoms with Crippen LogP contribution >= 0.6 is 23.1 Å². The first-order chi connectivity index (χ1) is 19.2. The fraction of sp³-hybridized carbons (Fsp3) is 0.357. The van der Waals surface area contributed by atoms with E-state index >= 15 is 0 Å². The minimum atomic E-state index is -2.72. The summed E-state index contributed by atoms with van der Waals surface area (Å²) in [7, 11) is 1.15. The monoisotopic (exact) mass is 622 g/mol. The minimum absolute atomic E-state index is 0.412. The van der Waals surface area contributed by atoms with Crippen molar-refractivity contribution < 1.29 is 9.30 Å². The van der Waals surface area contributed by atoms with Gasteiger partial charge in [0.15, 0.2) is 0 Å². The van der Waals surface area contributed by atoms with Crippen molar-refractivity contribution in [2.45, 2.75) is 18.9 Å². The lowest BCUT2D eigenvalue weighted by molar-refractivity contribution is 0.408. The molecule has 2 N–H and O–H groups in total. The van der Waals surface area contributed by atoms with E-state index in [-0.39, 0.29) is 0 Å². The number of nitrogens with zero attached hydrogens (tertiary/aromatic N) is 6. The van der Waals surface area contributed by atoms with Crippen LogP contribution in [0.25, 0.3) is 11.0 Å². The van der Waals surface area contributed by atoms with Crippen LogP contribution < -0.4 is 25.6 Å². The maximum absolute atomic E-state index is 13.3. The Morgan fingerprint density at radius 2 is 1.90 bits per heavy atom. The number of likely N-dealkylation sites (N-methyl/N-ethyl adjacent to an activating group) is 1. The number of methoxy groups -OCH3 is 1. The number of hydrogen-bond acceptors (Lipinski definition) is 10. The van der Waals surface area contributed by atoms with Crippen LogP contribution in [0.2, 0.25) is 0 Å². The molecule has 40 heavy (non-hydrogen) atoms. The van der Waals surface area contributed by atoms with Gasteiger partial charge >= 0.3 is 0 Å². The van der Waals surface area contributed by atoms with E-state index in [0.29, 0.717) is 44.3 Å². The highest BCUT2D eigenvalue weighted by Crippen LogP contribution is 2.42. The maximum atomic E-state index is 13.3. The predicted octanol–water partition coefficient (Wildman–Crippen LogP) is 4.99. The van der Waals surface area contributed by atoms with Gasteiger partial charge in [-0.1, -0.05) is 0 Å². The lowest BCUT2D eigenvalue weighted by Crippen LogP contribution is -2.35. The Kier molecular flexibility index (Phi) is 7.14. The van der Waals surface area contributed by atoms with E-state index in [2.05, 4.69) is 70.5 Å². The lowest BCUT2D eigenvalue weighted by atomic mass is 10.1. The molecule has 2 aliphatic heterocycles. The third-order valence-corrected chi connectivity index (χ3v) is 9.65. The molecule has 10 nitrogen and oxygen atoms in total. The molecule has 0 saturated carbocycles. The topological polar surface area (TPSA) is 108 Å². The number of aromatic nitrogens is 4. The summed E-state index contributed by atoms with van der Waals surface area (Å²) in [6.07, 6.45) is 7.10. The quantitative estimate of drug-likeness (QED) is 0.274. The van der Waals surface area contributed by atoms with Gasteiger partial charge in [-0.25, -0.2) is 4.98 Å². The first-order valence-electron chi connectivity index (χ1n) is 13.2. The van der Waals surface area contributed by atoms with Crippen LogP contribution in [0.5, 0.6) is 5.75 Å². The van der Waals surface area contributed by atoms with Gasteiger partial charge in [-0.05, 0) is 79.5 Å². The van der Waals surface area contributed by atoms with Crippen molar-refractivity contribution in [2.24, 2.45) is 0 Å². The molecule has 1 atom stereocenters. The lowest BCUT2D eigenvalue weighted by Gasteiger charge is -2.27. The number of benzene rings is 2. The van der Waals surface area contributed by atoms with E-state index in [1.807, 2.05) is 12.1 Å². The van der Waals surface area contributed by atoms with E-state index < -0.39 is 7.14 Å².